The lowest BCUT2D eigenvalue weighted by molar-refractivity contribution is 0.0915. The van der Waals surface area contributed by atoms with E-state index in [1.807, 2.05) is 13.8 Å². The fourth-order valence-electron chi connectivity index (χ4n) is 3.22. The Morgan fingerprint density at radius 1 is 1.21 bits per heavy atom. The third-order valence-corrected chi connectivity index (χ3v) is 4.64. The number of hydrogen-bond donors (Lipinski definition) is 1. The molecule has 2 aromatic rings. The van der Waals surface area contributed by atoms with Crippen LogP contribution < -0.4 is 5.32 Å². The van der Waals surface area contributed by atoms with Crippen molar-refractivity contribution >= 4 is 5.91 Å². The summed E-state index contributed by atoms with van der Waals surface area (Å²) in [5.74, 6) is -0.367. The molecule has 1 aliphatic rings. The number of amides is 1. The molecule has 6 heteroatoms. The first-order valence-corrected chi connectivity index (χ1v) is 8.27. The summed E-state index contributed by atoms with van der Waals surface area (Å²) in [6.45, 7) is 5.69. The van der Waals surface area contributed by atoms with Crippen molar-refractivity contribution in [3.8, 4) is 5.69 Å². The lowest BCUT2D eigenvalue weighted by Gasteiger charge is -2.29. The Labute approximate surface area is 141 Å². The molecule has 0 saturated carbocycles. The van der Waals surface area contributed by atoms with Crippen molar-refractivity contribution in [2.75, 3.05) is 20.1 Å². The molecule has 1 amide bonds. The van der Waals surface area contributed by atoms with Gasteiger partial charge < -0.3 is 10.2 Å². The molecule has 1 fully saturated rings. The average Bonchev–Trinajstić information content (AvgIpc) is 2.85. The molecule has 0 aliphatic carbocycles. The van der Waals surface area contributed by atoms with Gasteiger partial charge in [0.1, 0.15) is 5.82 Å². The Hall–Kier alpha value is -2.21. The zero-order valence-electron chi connectivity index (χ0n) is 14.3. The van der Waals surface area contributed by atoms with Crippen LogP contribution in [0.4, 0.5) is 4.39 Å². The van der Waals surface area contributed by atoms with Crippen molar-refractivity contribution in [3.05, 3.63) is 47.0 Å². The quantitative estimate of drug-likeness (QED) is 0.940. The third-order valence-electron chi connectivity index (χ3n) is 4.64. The minimum Gasteiger partial charge on any atom is -0.349 e. The molecular formula is C18H23FN4O. The molecule has 0 unspecified atom stereocenters. The van der Waals surface area contributed by atoms with Crippen LogP contribution in [0.3, 0.4) is 0 Å². The monoisotopic (exact) mass is 330 g/mol. The number of aryl methyl sites for hydroxylation is 1. The second kappa shape index (κ2) is 6.73. The van der Waals surface area contributed by atoms with Crippen LogP contribution in [-0.2, 0) is 0 Å². The maximum atomic E-state index is 13.1. The van der Waals surface area contributed by atoms with Gasteiger partial charge in [-0.1, -0.05) is 0 Å². The van der Waals surface area contributed by atoms with E-state index < -0.39 is 0 Å². The fraction of sp³-hybridized carbons (Fsp3) is 0.444. The summed E-state index contributed by atoms with van der Waals surface area (Å²) >= 11 is 0. The summed E-state index contributed by atoms with van der Waals surface area (Å²) in [7, 11) is 2.10. The average molecular weight is 330 g/mol. The Balaban J connectivity index is 1.81. The van der Waals surface area contributed by atoms with E-state index in [1.54, 1.807) is 16.8 Å². The minimum atomic E-state index is -0.291. The highest BCUT2D eigenvalue weighted by atomic mass is 19.1. The van der Waals surface area contributed by atoms with Crippen LogP contribution in [0.2, 0.25) is 0 Å². The molecule has 1 aliphatic heterocycles. The maximum absolute atomic E-state index is 13.1. The van der Waals surface area contributed by atoms with E-state index in [9.17, 15) is 9.18 Å². The van der Waals surface area contributed by atoms with Gasteiger partial charge in [-0.3, -0.25) is 4.79 Å². The lowest BCUT2D eigenvalue weighted by Crippen LogP contribution is -2.43. The Bertz CT molecular complexity index is 730. The van der Waals surface area contributed by atoms with E-state index in [1.165, 1.54) is 12.1 Å². The van der Waals surface area contributed by atoms with E-state index in [4.69, 9.17) is 0 Å². The predicted molar refractivity (Wildman–Crippen MR) is 91.0 cm³/mol. The summed E-state index contributed by atoms with van der Waals surface area (Å²) in [5, 5.41) is 7.59. The molecule has 0 spiro atoms. The van der Waals surface area contributed by atoms with E-state index >= 15 is 0 Å². The van der Waals surface area contributed by atoms with Crippen LogP contribution in [0.25, 0.3) is 5.69 Å². The summed E-state index contributed by atoms with van der Waals surface area (Å²) < 4.78 is 14.8. The number of benzene rings is 1. The number of halogens is 1. The number of nitrogens with one attached hydrogen (secondary N) is 1. The van der Waals surface area contributed by atoms with Crippen LogP contribution in [0.5, 0.6) is 0 Å². The molecule has 3 rings (SSSR count). The molecule has 128 valence electrons. The highest BCUT2D eigenvalue weighted by molar-refractivity contribution is 5.96. The van der Waals surface area contributed by atoms with E-state index in [-0.39, 0.29) is 17.8 Å². The predicted octanol–water partition coefficient (Wildman–Crippen LogP) is 2.45. The molecule has 5 nitrogen and oxygen atoms in total. The zero-order chi connectivity index (χ0) is 17.3. The maximum Gasteiger partial charge on any atom is 0.255 e. The number of rotatable bonds is 3. The standard InChI is InChI=1S/C18H23FN4O/c1-12-17(18(24)20-15-8-10-22(3)11-9-15)13(2)23(21-12)16-6-4-14(19)5-7-16/h4-7,15H,8-11H2,1-3H3,(H,20,24). The third kappa shape index (κ3) is 3.33. The van der Waals surface area contributed by atoms with E-state index in [0.29, 0.717) is 11.3 Å². The van der Waals surface area contributed by atoms with Crippen LogP contribution in [0, 0.1) is 19.7 Å². The summed E-state index contributed by atoms with van der Waals surface area (Å²) in [6.07, 6.45) is 1.93. The normalized spacial score (nSPS) is 16.3. The Morgan fingerprint density at radius 2 is 1.83 bits per heavy atom. The van der Waals surface area contributed by atoms with Gasteiger partial charge in [0, 0.05) is 6.04 Å². The van der Waals surface area contributed by atoms with Gasteiger partial charge in [-0.2, -0.15) is 5.10 Å². The highest BCUT2D eigenvalue weighted by Crippen LogP contribution is 2.19. The van der Waals surface area contributed by atoms with Crippen molar-refractivity contribution < 1.29 is 9.18 Å². The minimum absolute atomic E-state index is 0.0760. The molecule has 1 aromatic carbocycles. The fourth-order valence-corrected chi connectivity index (χ4v) is 3.22. The highest BCUT2D eigenvalue weighted by Gasteiger charge is 2.23. The molecule has 0 radical (unpaired) electrons. The largest absolute Gasteiger partial charge is 0.349 e. The molecule has 24 heavy (non-hydrogen) atoms. The Kier molecular flexibility index (Phi) is 4.66. The zero-order valence-corrected chi connectivity index (χ0v) is 14.3. The number of carbonyl (C=O) groups excluding carboxylic acids is 1. The van der Waals surface area contributed by atoms with Gasteiger partial charge in [0.15, 0.2) is 0 Å². The number of hydrogen-bond acceptors (Lipinski definition) is 3. The topological polar surface area (TPSA) is 50.2 Å². The first kappa shape index (κ1) is 16.6. The molecule has 1 aromatic heterocycles. The van der Waals surface area contributed by atoms with E-state index in [2.05, 4.69) is 22.4 Å². The van der Waals surface area contributed by atoms with E-state index in [0.717, 1.165) is 37.3 Å². The van der Waals surface area contributed by atoms with Crippen molar-refractivity contribution in [3.63, 3.8) is 0 Å². The molecular weight excluding hydrogens is 307 g/mol. The van der Waals surface area contributed by atoms with Crippen molar-refractivity contribution in [2.45, 2.75) is 32.7 Å². The van der Waals surface area contributed by atoms with Crippen LogP contribution in [-0.4, -0.2) is 46.8 Å². The van der Waals surface area contributed by atoms with Crippen molar-refractivity contribution in [1.82, 2.24) is 20.0 Å². The van der Waals surface area contributed by atoms with Gasteiger partial charge in [0.05, 0.1) is 22.6 Å². The van der Waals surface area contributed by atoms with Crippen LogP contribution in [0.1, 0.15) is 34.6 Å². The second-order valence-electron chi connectivity index (χ2n) is 6.49. The van der Waals surface area contributed by atoms with Crippen LogP contribution in [0.15, 0.2) is 24.3 Å². The summed E-state index contributed by atoms with van der Waals surface area (Å²) in [4.78, 5) is 15.0. The van der Waals surface area contributed by atoms with Gasteiger partial charge in [0.25, 0.3) is 5.91 Å². The van der Waals surface area contributed by atoms with Gasteiger partial charge in [-0.05, 0) is 71.1 Å². The number of piperidine rings is 1. The van der Waals surface area contributed by atoms with Gasteiger partial charge in [0.2, 0.25) is 0 Å². The molecule has 0 bridgehead atoms. The second-order valence-corrected chi connectivity index (χ2v) is 6.49. The number of nitrogens with zero attached hydrogens (tertiary/aromatic N) is 3. The lowest BCUT2D eigenvalue weighted by atomic mass is 10.0. The van der Waals surface area contributed by atoms with Crippen molar-refractivity contribution in [1.29, 1.82) is 0 Å². The first-order chi connectivity index (χ1) is 11.5. The Morgan fingerprint density at radius 3 is 2.46 bits per heavy atom. The molecule has 0 atom stereocenters. The molecule has 1 saturated heterocycles. The van der Waals surface area contributed by atoms with Gasteiger partial charge in [-0.25, -0.2) is 9.07 Å². The number of aromatic nitrogens is 2. The number of carbonyl (C=O) groups is 1. The first-order valence-electron chi connectivity index (χ1n) is 8.27. The molecule has 2 heterocycles. The van der Waals surface area contributed by atoms with Gasteiger partial charge >= 0.3 is 0 Å². The molecule has 1 N–H and O–H groups in total. The number of likely N-dealkylation sites (tertiary alicyclic amines) is 1. The van der Waals surface area contributed by atoms with Crippen molar-refractivity contribution in [2.24, 2.45) is 0 Å². The SMILES string of the molecule is Cc1nn(-c2ccc(F)cc2)c(C)c1C(=O)NC1CCN(C)CC1. The summed E-state index contributed by atoms with van der Waals surface area (Å²) in [6, 6.07) is 6.32. The smallest absolute Gasteiger partial charge is 0.255 e. The van der Waals surface area contributed by atoms with Crippen LogP contribution >= 0.6 is 0 Å². The summed E-state index contributed by atoms with van der Waals surface area (Å²) in [5.41, 5.74) is 2.81. The van der Waals surface area contributed by atoms with Gasteiger partial charge in [-0.15, -0.1) is 0 Å².